The number of likely N-dealkylation sites (tertiary alicyclic amines) is 1. The van der Waals surface area contributed by atoms with Gasteiger partial charge in [-0.05, 0) is 43.6 Å². The fourth-order valence-corrected chi connectivity index (χ4v) is 3.79. The first-order valence-electron chi connectivity index (χ1n) is 10.8. The molecule has 162 valence electrons. The first kappa shape index (κ1) is 23.5. The van der Waals surface area contributed by atoms with E-state index in [-0.39, 0.29) is 6.61 Å². The number of rotatable bonds is 12. The molecule has 0 aliphatic carbocycles. The lowest BCUT2D eigenvalue weighted by molar-refractivity contribution is 0.0644. The van der Waals surface area contributed by atoms with E-state index in [2.05, 4.69) is 23.0 Å². The van der Waals surface area contributed by atoms with Crippen molar-refractivity contribution >= 4 is 0 Å². The zero-order valence-corrected chi connectivity index (χ0v) is 18.0. The fourth-order valence-electron chi connectivity index (χ4n) is 3.79. The van der Waals surface area contributed by atoms with E-state index in [4.69, 9.17) is 9.47 Å². The summed E-state index contributed by atoms with van der Waals surface area (Å²) in [5.74, 6) is 1.36. The molecule has 0 aromatic heterocycles. The van der Waals surface area contributed by atoms with Crippen LogP contribution in [-0.2, 0) is 6.54 Å². The second-order valence-corrected chi connectivity index (χ2v) is 7.79. The van der Waals surface area contributed by atoms with Crippen molar-refractivity contribution in [1.29, 1.82) is 0 Å². The Hall–Kier alpha value is -1.82. The van der Waals surface area contributed by atoms with Crippen LogP contribution in [0.1, 0.15) is 37.7 Å². The first-order chi connectivity index (χ1) is 14.2. The molecule has 5 nitrogen and oxygen atoms in total. The quantitative estimate of drug-likeness (QED) is 0.538. The molecule has 0 amide bonds. The highest BCUT2D eigenvalue weighted by molar-refractivity contribution is 5.43. The van der Waals surface area contributed by atoms with E-state index in [1.807, 2.05) is 30.4 Å². The first-order valence-corrected chi connectivity index (χ1v) is 10.8. The van der Waals surface area contributed by atoms with Crippen LogP contribution in [0.15, 0.2) is 43.5 Å². The van der Waals surface area contributed by atoms with Crippen molar-refractivity contribution in [2.75, 3.05) is 46.4 Å². The summed E-state index contributed by atoms with van der Waals surface area (Å²) in [5, 5.41) is 10.5. The Morgan fingerprint density at radius 3 is 2.34 bits per heavy atom. The number of benzene rings is 1. The van der Waals surface area contributed by atoms with Gasteiger partial charge in [-0.15, -0.1) is 13.2 Å². The van der Waals surface area contributed by atoms with Crippen LogP contribution >= 0.6 is 0 Å². The lowest BCUT2D eigenvalue weighted by Gasteiger charge is -2.27. The van der Waals surface area contributed by atoms with Gasteiger partial charge in [0.15, 0.2) is 11.5 Å². The van der Waals surface area contributed by atoms with Crippen molar-refractivity contribution in [2.24, 2.45) is 0 Å². The number of aliphatic hydroxyl groups excluding tert-OH is 1. The number of aliphatic hydroxyl groups is 1. The van der Waals surface area contributed by atoms with E-state index in [1.54, 1.807) is 7.11 Å². The zero-order chi connectivity index (χ0) is 20.9. The minimum absolute atomic E-state index is 0.263. The highest BCUT2D eigenvalue weighted by Crippen LogP contribution is 2.29. The Labute approximate surface area is 176 Å². The molecule has 0 radical (unpaired) electrons. The van der Waals surface area contributed by atoms with Gasteiger partial charge < -0.3 is 19.5 Å². The van der Waals surface area contributed by atoms with Crippen molar-refractivity contribution in [2.45, 2.75) is 44.8 Å². The fraction of sp³-hybridized carbons (Fsp3) is 0.583. The number of β-amino-alcohol motifs (C(OH)–C–C–N with tert-alkyl or cyclic N) is 1. The molecule has 1 aliphatic heterocycles. The molecule has 1 atom stereocenters. The summed E-state index contributed by atoms with van der Waals surface area (Å²) in [7, 11) is 1.64. The van der Waals surface area contributed by atoms with Gasteiger partial charge in [-0.3, -0.25) is 4.90 Å². The van der Waals surface area contributed by atoms with Gasteiger partial charge in [-0.25, -0.2) is 0 Å². The van der Waals surface area contributed by atoms with Crippen LogP contribution in [0.25, 0.3) is 0 Å². The minimum atomic E-state index is -0.513. The molecule has 5 heteroatoms. The Morgan fingerprint density at radius 2 is 1.72 bits per heavy atom. The molecule has 1 aromatic carbocycles. The van der Waals surface area contributed by atoms with Gasteiger partial charge in [0.25, 0.3) is 0 Å². The molecule has 0 spiro atoms. The Kier molecular flexibility index (Phi) is 10.8. The zero-order valence-electron chi connectivity index (χ0n) is 18.0. The average molecular weight is 403 g/mol. The van der Waals surface area contributed by atoms with Crippen LogP contribution in [0.4, 0.5) is 0 Å². The smallest absolute Gasteiger partial charge is 0.161 e. The number of methoxy groups -OCH3 is 1. The second kappa shape index (κ2) is 13.4. The topological polar surface area (TPSA) is 45.2 Å². The molecule has 1 aromatic rings. The lowest BCUT2D eigenvalue weighted by Crippen LogP contribution is -2.37. The van der Waals surface area contributed by atoms with Crippen molar-refractivity contribution in [1.82, 2.24) is 9.80 Å². The lowest BCUT2D eigenvalue weighted by atomic mass is 10.1. The summed E-state index contributed by atoms with van der Waals surface area (Å²) >= 11 is 0. The maximum Gasteiger partial charge on any atom is 0.161 e. The second-order valence-electron chi connectivity index (χ2n) is 7.79. The maximum absolute atomic E-state index is 10.5. The monoisotopic (exact) mass is 402 g/mol. The van der Waals surface area contributed by atoms with E-state index >= 15 is 0 Å². The van der Waals surface area contributed by atoms with Crippen LogP contribution in [0.3, 0.4) is 0 Å². The predicted octanol–water partition coefficient (Wildman–Crippen LogP) is 3.88. The molecular weight excluding hydrogens is 364 g/mol. The summed E-state index contributed by atoms with van der Waals surface area (Å²) in [6.45, 7) is 13.1. The average Bonchev–Trinajstić information content (AvgIpc) is 2.69. The van der Waals surface area contributed by atoms with Gasteiger partial charge in [-0.2, -0.15) is 0 Å². The van der Waals surface area contributed by atoms with Gasteiger partial charge in [0, 0.05) is 26.2 Å². The van der Waals surface area contributed by atoms with E-state index in [1.165, 1.54) is 32.1 Å². The number of ether oxygens (including phenoxy) is 2. The summed E-state index contributed by atoms with van der Waals surface area (Å²) in [6.07, 6.45) is 9.64. The van der Waals surface area contributed by atoms with Crippen LogP contribution < -0.4 is 9.47 Å². The Bertz CT molecular complexity index is 602. The molecule has 1 N–H and O–H groups in total. The summed E-state index contributed by atoms with van der Waals surface area (Å²) in [6, 6.07) is 5.97. The van der Waals surface area contributed by atoms with E-state index < -0.39 is 6.10 Å². The maximum atomic E-state index is 10.5. The van der Waals surface area contributed by atoms with Crippen LogP contribution in [0.2, 0.25) is 0 Å². The highest BCUT2D eigenvalue weighted by atomic mass is 16.5. The van der Waals surface area contributed by atoms with E-state index in [9.17, 15) is 5.11 Å². The molecule has 1 fully saturated rings. The molecule has 29 heavy (non-hydrogen) atoms. The minimum Gasteiger partial charge on any atom is -0.493 e. The number of hydrogen-bond donors (Lipinski definition) is 1. The van der Waals surface area contributed by atoms with Crippen molar-refractivity contribution in [3.63, 3.8) is 0 Å². The Balaban J connectivity index is 1.93. The normalized spacial score (nSPS) is 16.7. The standard InChI is InChI=1S/C24H38N2O3/c1-4-13-25(14-5-2)18-21-11-12-23(28-3)24(17-21)29-20-22(27)19-26-15-9-7-6-8-10-16-26/h4-5,11-12,17,22,27H,1-2,6-10,13-16,18-20H2,3H3/t22-/m0/s1. The van der Waals surface area contributed by atoms with Crippen molar-refractivity contribution in [3.05, 3.63) is 49.1 Å². The van der Waals surface area contributed by atoms with Crippen LogP contribution in [0, 0.1) is 0 Å². The SMILES string of the molecule is C=CCN(CC=C)Cc1ccc(OC)c(OC[C@@H](O)CN2CCCCCCC2)c1. The number of hydrogen-bond acceptors (Lipinski definition) is 5. The van der Waals surface area contributed by atoms with Gasteiger partial charge in [-0.1, -0.05) is 37.5 Å². The van der Waals surface area contributed by atoms with Gasteiger partial charge in [0.1, 0.15) is 12.7 Å². The Morgan fingerprint density at radius 1 is 1.07 bits per heavy atom. The summed E-state index contributed by atoms with van der Waals surface area (Å²) in [5.41, 5.74) is 1.13. The van der Waals surface area contributed by atoms with Crippen molar-refractivity contribution in [3.8, 4) is 11.5 Å². The van der Waals surface area contributed by atoms with Gasteiger partial charge in [0.2, 0.25) is 0 Å². The third kappa shape index (κ3) is 8.60. The van der Waals surface area contributed by atoms with Crippen molar-refractivity contribution < 1.29 is 14.6 Å². The van der Waals surface area contributed by atoms with Crippen LogP contribution in [0.5, 0.6) is 11.5 Å². The molecular formula is C24H38N2O3. The molecule has 1 aliphatic rings. The molecule has 1 saturated heterocycles. The summed E-state index contributed by atoms with van der Waals surface area (Å²) in [4.78, 5) is 4.60. The molecule has 0 bridgehead atoms. The molecule has 1 heterocycles. The third-order valence-electron chi connectivity index (χ3n) is 5.26. The number of nitrogens with zero attached hydrogens (tertiary/aromatic N) is 2. The molecule has 0 unspecified atom stereocenters. The molecule has 2 rings (SSSR count). The summed E-state index contributed by atoms with van der Waals surface area (Å²) < 4.78 is 11.4. The predicted molar refractivity (Wildman–Crippen MR) is 120 cm³/mol. The van der Waals surface area contributed by atoms with E-state index in [0.717, 1.165) is 38.3 Å². The third-order valence-corrected chi connectivity index (χ3v) is 5.26. The largest absolute Gasteiger partial charge is 0.493 e. The van der Waals surface area contributed by atoms with Gasteiger partial charge in [0.05, 0.1) is 7.11 Å². The molecule has 0 saturated carbocycles. The van der Waals surface area contributed by atoms with Crippen LogP contribution in [-0.4, -0.2) is 67.5 Å². The van der Waals surface area contributed by atoms with Gasteiger partial charge >= 0.3 is 0 Å². The van der Waals surface area contributed by atoms with E-state index in [0.29, 0.717) is 18.0 Å². The highest BCUT2D eigenvalue weighted by Gasteiger charge is 2.15.